The fraction of sp³-hybridized carbons (Fsp3) is 0.440. The van der Waals surface area contributed by atoms with Crippen LogP contribution in [-0.2, 0) is 16.0 Å². The molecule has 2 aliphatic rings. The lowest BCUT2D eigenvalue weighted by Gasteiger charge is -2.30. The molecule has 34 heavy (non-hydrogen) atoms. The first-order valence-electron chi connectivity index (χ1n) is 11.6. The molecule has 0 bridgehead atoms. The third kappa shape index (κ3) is 6.39. The van der Waals surface area contributed by atoms with E-state index >= 15 is 0 Å². The van der Waals surface area contributed by atoms with E-state index in [0.29, 0.717) is 79.9 Å². The Morgan fingerprint density at radius 1 is 1.09 bits per heavy atom. The Labute approximate surface area is 203 Å². The Balaban J connectivity index is 1.20. The Kier molecular flexibility index (Phi) is 8.24. The molecule has 2 aromatic carbocycles. The van der Waals surface area contributed by atoms with E-state index in [4.69, 9.17) is 21.1 Å². The molecule has 2 N–H and O–H groups in total. The van der Waals surface area contributed by atoms with Crippen LogP contribution < -0.4 is 20.1 Å². The van der Waals surface area contributed by atoms with Crippen molar-refractivity contribution in [3.8, 4) is 11.5 Å². The third-order valence-corrected chi connectivity index (χ3v) is 6.40. The average molecular weight is 490 g/mol. The predicted octanol–water partition coefficient (Wildman–Crippen LogP) is 3.65. The van der Waals surface area contributed by atoms with Crippen molar-refractivity contribution >= 4 is 29.1 Å². The van der Waals surface area contributed by atoms with Crippen molar-refractivity contribution in [3.05, 3.63) is 52.8 Å². The maximum atomic E-state index is 13.7. The van der Waals surface area contributed by atoms with E-state index < -0.39 is 0 Å². The maximum absolute atomic E-state index is 13.7. The molecule has 2 heterocycles. The van der Waals surface area contributed by atoms with E-state index in [2.05, 4.69) is 10.6 Å². The van der Waals surface area contributed by atoms with Gasteiger partial charge in [-0.05, 0) is 44.0 Å². The van der Waals surface area contributed by atoms with Crippen LogP contribution in [0.2, 0.25) is 5.02 Å². The number of carbonyl (C=O) groups excluding carboxylic acids is 2. The quantitative estimate of drug-likeness (QED) is 0.620. The standard InChI is InChI=1S/C25H29ClFN3O4/c26-19-14-22-23(34-13-3-12-33-22)15-21(19)29-24(31)16-30-10-7-18(8-11-30)25(32)28-9-6-17-4-1-2-5-20(17)27/h1-2,4-5,14-15,18H,3,6-13,16H2,(H,28,32)(H,29,31). The van der Waals surface area contributed by atoms with Gasteiger partial charge in [0.1, 0.15) is 5.82 Å². The fourth-order valence-electron chi connectivity index (χ4n) is 4.19. The van der Waals surface area contributed by atoms with Gasteiger partial charge in [0.25, 0.3) is 0 Å². The van der Waals surface area contributed by atoms with E-state index in [9.17, 15) is 14.0 Å². The van der Waals surface area contributed by atoms with Gasteiger partial charge in [-0.2, -0.15) is 0 Å². The molecule has 0 unspecified atom stereocenters. The molecular weight excluding hydrogens is 461 g/mol. The summed E-state index contributed by atoms with van der Waals surface area (Å²) in [6.07, 6.45) is 2.58. The Morgan fingerprint density at radius 2 is 1.79 bits per heavy atom. The molecule has 4 rings (SSSR count). The van der Waals surface area contributed by atoms with Crippen LogP contribution >= 0.6 is 11.6 Å². The highest BCUT2D eigenvalue weighted by atomic mass is 35.5. The van der Waals surface area contributed by atoms with Gasteiger partial charge in [0.05, 0.1) is 30.5 Å². The molecule has 0 aromatic heterocycles. The lowest BCUT2D eigenvalue weighted by atomic mass is 9.96. The SMILES string of the molecule is O=C(CN1CCC(C(=O)NCCc2ccccc2F)CC1)Nc1cc2c(cc1Cl)OCCCO2. The summed E-state index contributed by atoms with van der Waals surface area (Å²) >= 11 is 6.32. The minimum Gasteiger partial charge on any atom is -0.490 e. The molecular formula is C25H29ClFN3O4. The summed E-state index contributed by atoms with van der Waals surface area (Å²) in [5, 5.41) is 6.16. The zero-order chi connectivity index (χ0) is 23.9. The second-order valence-electron chi connectivity index (χ2n) is 8.56. The van der Waals surface area contributed by atoms with Crippen LogP contribution in [0.25, 0.3) is 0 Å². The van der Waals surface area contributed by atoms with Crippen molar-refractivity contribution in [3.63, 3.8) is 0 Å². The van der Waals surface area contributed by atoms with Gasteiger partial charge in [0.2, 0.25) is 11.8 Å². The molecule has 0 radical (unpaired) electrons. The highest BCUT2D eigenvalue weighted by molar-refractivity contribution is 6.34. The molecule has 0 spiro atoms. The number of fused-ring (bicyclic) bond motifs is 1. The molecule has 1 saturated heterocycles. The largest absolute Gasteiger partial charge is 0.490 e. The van der Waals surface area contributed by atoms with Crippen molar-refractivity contribution in [2.24, 2.45) is 5.92 Å². The number of benzene rings is 2. The molecule has 182 valence electrons. The number of nitrogens with zero attached hydrogens (tertiary/aromatic N) is 1. The monoisotopic (exact) mass is 489 g/mol. The van der Waals surface area contributed by atoms with Crippen LogP contribution in [0.15, 0.2) is 36.4 Å². The average Bonchev–Trinajstić information content (AvgIpc) is 3.06. The van der Waals surface area contributed by atoms with Crippen LogP contribution in [0.5, 0.6) is 11.5 Å². The summed E-state index contributed by atoms with van der Waals surface area (Å²) in [7, 11) is 0. The first-order chi connectivity index (χ1) is 16.5. The van der Waals surface area contributed by atoms with Gasteiger partial charge < -0.3 is 20.1 Å². The Bertz CT molecular complexity index is 1030. The smallest absolute Gasteiger partial charge is 0.238 e. The number of nitrogens with one attached hydrogen (secondary N) is 2. The number of rotatable bonds is 7. The summed E-state index contributed by atoms with van der Waals surface area (Å²) in [5.74, 6) is 0.602. The summed E-state index contributed by atoms with van der Waals surface area (Å²) in [6.45, 7) is 3.02. The summed E-state index contributed by atoms with van der Waals surface area (Å²) in [4.78, 5) is 27.1. The number of carbonyl (C=O) groups is 2. The van der Waals surface area contributed by atoms with E-state index in [1.165, 1.54) is 6.07 Å². The zero-order valence-corrected chi connectivity index (χ0v) is 19.7. The van der Waals surface area contributed by atoms with Crippen molar-refractivity contribution in [1.29, 1.82) is 0 Å². The highest BCUT2D eigenvalue weighted by Gasteiger charge is 2.26. The van der Waals surface area contributed by atoms with Crippen LogP contribution in [-0.4, -0.2) is 56.1 Å². The number of halogens is 2. The van der Waals surface area contributed by atoms with Gasteiger partial charge >= 0.3 is 0 Å². The van der Waals surface area contributed by atoms with Crippen LogP contribution in [0.1, 0.15) is 24.8 Å². The number of hydrogen-bond donors (Lipinski definition) is 2. The number of likely N-dealkylation sites (tertiary alicyclic amines) is 1. The first-order valence-corrected chi connectivity index (χ1v) is 12.0. The van der Waals surface area contributed by atoms with Crippen molar-refractivity contribution < 1.29 is 23.5 Å². The lowest BCUT2D eigenvalue weighted by molar-refractivity contribution is -0.126. The maximum Gasteiger partial charge on any atom is 0.238 e. The second-order valence-corrected chi connectivity index (χ2v) is 8.97. The first kappa shape index (κ1) is 24.3. The van der Waals surface area contributed by atoms with Gasteiger partial charge in [-0.3, -0.25) is 14.5 Å². The van der Waals surface area contributed by atoms with Gasteiger partial charge in [0.15, 0.2) is 11.5 Å². The van der Waals surface area contributed by atoms with Crippen molar-refractivity contribution in [2.75, 3.05) is 44.7 Å². The van der Waals surface area contributed by atoms with Crippen LogP contribution in [0.3, 0.4) is 0 Å². The fourth-order valence-corrected chi connectivity index (χ4v) is 4.39. The van der Waals surface area contributed by atoms with Crippen molar-refractivity contribution in [2.45, 2.75) is 25.7 Å². The molecule has 2 aliphatic heterocycles. The minimum atomic E-state index is -0.253. The van der Waals surface area contributed by atoms with Gasteiger partial charge in [-0.25, -0.2) is 4.39 Å². The molecule has 0 saturated carbocycles. The summed E-state index contributed by atoms with van der Waals surface area (Å²) in [5.41, 5.74) is 1.08. The number of ether oxygens (including phenoxy) is 2. The van der Waals surface area contributed by atoms with Gasteiger partial charge in [-0.1, -0.05) is 29.8 Å². The number of amides is 2. The molecule has 2 amide bonds. The van der Waals surface area contributed by atoms with E-state index in [-0.39, 0.29) is 30.1 Å². The van der Waals surface area contributed by atoms with Gasteiger partial charge in [-0.15, -0.1) is 0 Å². The number of piperidine rings is 1. The number of hydrogen-bond acceptors (Lipinski definition) is 5. The second kappa shape index (κ2) is 11.5. The Morgan fingerprint density at radius 3 is 2.53 bits per heavy atom. The van der Waals surface area contributed by atoms with Gasteiger partial charge in [0, 0.05) is 31.0 Å². The topological polar surface area (TPSA) is 79.9 Å². The molecule has 9 heteroatoms. The summed E-state index contributed by atoms with van der Waals surface area (Å²) in [6, 6.07) is 9.94. The van der Waals surface area contributed by atoms with Crippen molar-refractivity contribution in [1.82, 2.24) is 10.2 Å². The van der Waals surface area contributed by atoms with Crippen LogP contribution in [0.4, 0.5) is 10.1 Å². The third-order valence-electron chi connectivity index (χ3n) is 6.09. The predicted molar refractivity (Wildman–Crippen MR) is 128 cm³/mol. The van der Waals surface area contributed by atoms with Crippen LogP contribution in [0, 0.1) is 11.7 Å². The zero-order valence-electron chi connectivity index (χ0n) is 18.9. The lowest BCUT2D eigenvalue weighted by Crippen LogP contribution is -2.43. The highest BCUT2D eigenvalue weighted by Crippen LogP contribution is 2.37. The van der Waals surface area contributed by atoms with E-state index in [0.717, 1.165) is 6.42 Å². The van der Waals surface area contributed by atoms with E-state index in [1.807, 2.05) is 4.90 Å². The molecule has 1 fully saturated rings. The molecule has 0 atom stereocenters. The minimum absolute atomic E-state index is 0.0144. The molecule has 2 aromatic rings. The van der Waals surface area contributed by atoms with E-state index in [1.54, 1.807) is 30.3 Å². The molecule has 7 nitrogen and oxygen atoms in total. The Hall–Kier alpha value is -2.84. The summed E-state index contributed by atoms with van der Waals surface area (Å²) < 4.78 is 25.0. The normalized spacial score (nSPS) is 16.5. The number of anilines is 1. The molecule has 0 aliphatic carbocycles.